The predicted octanol–water partition coefficient (Wildman–Crippen LogP) is 5.05. The first-order valence-corrected chi connectivity index (χ1v) is 17.0. The Balaban J connectivity index is 1.32. The van der Waals surface area contributed by atoms with Crippen LogP contribution in [0.4, 0.5) is 16.0 Å². The van der Waals surface area contributed by atoms with Gasteiger partial charge < -0.3 is 19.7 Å². The number of esters is 1. The van der Waals surface area contributed by atoms with Crippen molar-refractivity contribution in [2.75, 3.05) is 18.4 Å². The molecule has 1 unspecified atom stereocenters. The SMILES string of the molecule is CC[C@@H](CC(C)(C)S(N)=O)c1cnc(OC2CN(C(=O)[C@@H]3C[C@@H]3F)C2)c2cnc(Nc3ccc4c(n3)[C@@H](C)C(C)(C)OC4=O)cc12. The summed E-state index contributed by atoms with van der Waals surface area (Å²) < 4.78 is 37.0. The van der Waals surface area contributed by atoms with Crippen LogP contribution in [0.25, 0.3) is 10.8 Å². The number of halogens is 1. The Bertz CT molecular complexity index is 1730. The number of carbonyl (C=O) groups is 2. The molecule has 2 fully saturated rings. The van der Waals surface area contributed by atoms with E-state index in [2.05, 4.69) is 22.2 Å². The number of carbonyl (C=O) groups excluding carboxylic acids is 2. The third-order valence-electron chi connectivity index (χ3n) is 9.66. The molecule has 0 spiro atoms. The Morgan fingerprint density at radius 3 is 2.61 bits per heavy atom. The van der Waals surface area contributed by atoms with Crippen LogP contribution >= 0.6 is 0 Å². The van der Waals surface area contributed by atoms with Crippen molar-refractivity contribution in [2.24, 2.45) is 11.1 Å². The maximum Gasteiger partial charge on any atom is 0.340 e. The standard InChI is InChI=1S/C33H41FN6O5S/c1-7-18(12-32(3,4)46(35)43)23-13-37-29(44-19-15-40(16-19)30(41)22-10-25(22)34)24-14-36-27(11-21(23)24)38-26-9-8-20-28(39-26)17(2)33(5,6)45-31(20)42/h8-9,11,13-14,17-19,22,25H,7,10,12,15-16,35H2,1-6H3,(H,36,38,39)/t17-,18+,22-,25+,46?/m1/s1. The molecule has 0 radical (unpaired) electrons. The van der Waals surface area contributed by atoms with E-state index in [4.69, 9.17) is 19.6 Å². The van der Waals surface area contributed by atoms with Gasteiger partial charge in [0, 0.05) is 18.3 Å². The number of rotatable bonds is 10. The van der Waals surface area contributed by atoms with Gasteiger partial charge in [0.1, 0.15) is 29.5 Å². The van der Waals surface area contributed by atoms with Gasteiger partial charge in [0.05, 0.1) is 51.4 Å². The van der Waals surface area contributed by atoms with Gasteiger partial charge in [0.25, 0.3) is 0 Å². The van der Waals surface area contributed by atoms with Gasteiger partial charge in [-0.1, -0.05) is 13.8 Å². The number of nitrogens with two attached hydrogens (primary N) is 1. The Kier molecular flexibility index (Phi) is 8.29. The summed E-state index contributed by atoms with van der Waals surface area (Å²) >= 11 is 0. The summed E-state index contributed by atoms with van der Waals surface area (Å²) in [4.78, 5) is 40.7. The minimum absolute atomic E-state index is 0.0123. The lowest BCUT2D eigenvalue weighted by Gasteiger charge is -2.39. The van der Waals surface area contributed by atoms with E-state index in [0.717, 1.165) is 17.4 Å². The second kappa shape index (κ2) is 11.8. The lowest BCUT2D eigenvalue weighted by atomic mass is 9.84. The zero-order valence-corrected chi connectivity index (χ0v) is 27.8. The number of cyclic esters (lactones) is 1. The lowest BCUT2D eigenvalue weighted by Crippen LogP contribution is -2.56. The summed E-state index contributed by atoms with van der Waals surface area (Å²) in [6.07, 6.45) is 3.82. The molecule has 1 saturated carbocycles. The molecular weight excluding hydrogens is 611 g/mol. The Labute approximate surface area is 270 Å². The molecule has 246 valence electrons. The highest BCUT2D eigenvalue weighted by molar-refractivity contribution is 7.84. The first-order valence-electron chi connectivity index (χ1n) is 15.7. The predicted molar refractivity (Wildman–Crippen MR) is 173 cm³/mol. The zero-order chi connectivity index (χ0) is 33.1. The van der Waals surface area contributed by atoms with Crippen LogP contribution < -0.4 is 15.2 Å². The van der Waals surface area contributed by atoms with Gasteiger partial charge >= 0.3 is 5.97 Å². The molecule has 5 atom stereocenters. The number of fused-ring (bicyclic) bond motifs is 2. The van der Waals surface area contributed by atoms with Gasteiger partial charge in [-0.3, -0.25) is 9.93 Å². The highest BCUT2D eigenvalue weighted by Gasteiger charge is 2.48. The Morgan fingerprint density at radius 2 is 1.96 bits per heavy atom. The van der Waals surface area contributed by atoms with Crippen molar-refractivity contribution in [2.45, 2.75) is 95.3 Å². The lowest BCUT2D eigenvalue weighted by molar-refractivity contribution is -0.141. The summed E-state index contributed by atoms with van der Waals surface area (Å²) in [6.45, 7) is 12.3. The number of nitrogens with one attached hydrogen (secondary N) is 1. The van der Waals surface area contributed by atoms with Crippen molar-refractivity contribution >= 4 is 45.3 Å². The summed E-state index contributed by atoms with van der Waals surface area (Å²) in [6, 6.07) is 5.36. The van der Waals surface area contributed by atoms with Crippen LogP contribution in [0.1, 0.15) is 94.3 Å². The fourth-order valence-corrected chi connectivity index (χ4v) is 6.53. The molecule has 1 amide bonds. The summed E-state index contributed by atoms with van der Waals surface area (Å²) in [7, 11) is -1.53. The van der Waals surface area contributed by atoms with Crippen LogP contribution in [-0.4, -0.2) is 71.7 Å². The number of likely N-dealkylation sites (tertiary alicyclic amines) is 1. The van der Waals surface area contributed by atoms with Crippen LogP contribution in [0.2, 0.25) is 0 Å². The molecular formula is C33H41FN6O5S. The molecule has 13 heteroatoms. The Morgan fingerprint density at radius 1 is 1.24 bits per heavy atom. The minimum atomic E-state index is -1.53. The summed E-state index contributed by atoms with van der Waals surface area (Å²) in [5.41, 5.74) is 1.36. The van der Waals surface area contributed by atoms with Crippen molar-refractivity contribution in [3.8, 4) is 5.88 Å². The monoisotopic (exact) mass is 652 g/mol. The van der Waals surface area contributed by atoms with E-state index in [9.17, 15) is 18.2 Å². The van der Waals surface area contributed by atoms with Crippen LogP contribution in [0, 0.1) is 5.92 Å². The van der Waals surface area contributed by atoms with Crippen molar-refractivity contribution in [1.82, 2.24) is 19.9 Å². The molecule has 1 saturated heterocycles. The second-order valence-electron chi connectivity index (χ2n) is 13.8. The molecule has 1 aliphatic carbocycles. The van der Waals surface area contributed by atoms with Gasteiger partial charge in [0.2, 0.25) is 11.8 Å². The topological polar surface area (TPSA) is 150 Å². The molecule has 6 rings (SSSR count). The number of alkyl halides is 1. The Hall–Kier alpha value is -3.71. The largest absolute Gasteiger partial charge is 0.470 e. The van der Waals surface area contributed by atoms with E-state index in [1.807, 2.05) is 40.7 Å². The zero-order valence-electron chi connectivity index (χ0n) is 27.0. The third kappa shape index (κ3) is 6.06. The van der Waals surface area contributed by atoms with Gasteiger partial charge in [0.15, 0.2) is 0 Å². The molecule has 0 aromatic carbocycles. The van der Waals surface area contributed by atoms with Gasteiger partial charge in [-0.15, -0.1) is 0 Å². The highest BCUT2D eigenvalue weighted by Crippen LogP contribution is 2.41. The van der Waals surface area contributed by atoms with Crippen LogP contribution in [0.5, 0.6) is 5.88 Å². The number of hydrogen-bond acceptors (Lipinski definition) is 9. The number of amides is 1. The van der Waals surface area contributed by atoms with Crippen molar-refractivity contribution in [3.05, 3.63) is 47.4 Å². The summed E-state index contributed by atoms with van der Waals surface area (Å²) in [5.74, 6) is 0.263. The van der Waals surface area contributed by atoms with E-state index in [0.29, 0.717) is 60.1 Å². The van der Waals surface area contributed by atoms with Crippen LogP contribution in [0.3, 0.4) is 0 Å². The maximum atomic E-state index is 13.4. The number of hydrogen-bond donors (Lipinski definition) is 2. The number of ether oxygens (including phenoxy) is 2. The maximum absolute atomic E-state index is 13.4. The van der Waals surface area contributed by atoms with Crippen LogP contribution in [-0.2, 0) is 20.5 Å². The van der Waals surface area contributed by atoms with E-state index in [-0.39, 0.29) is 23.8 Å². The number of nitrogens with zero attached hydrogens (tertiary/aromatic N) is 4. The summed E-state index contributed by atoms with van der Waals surface area (Å²) in [5, 5.41) is 10.7. The molecule has 11 nitrogen and oxygen atoms in total. The van der Waals surface area contributed by atoms with Gasteiger partial charge in [-0.05, 0) is 82.0 Å². The van der Waals surface area contributed by atoms with Crippen molar-refractivity contribution in [3.63, 3.8) is 0 Å². The number of aromatic nitrogens is 3. The molecule has 46 heavy (non-hydrogen) atoms. The average Bonchev–Trinajstić information content (AvgIpc) is 3.72. The quantitative estimate of drug-likeness (QED) is 0.287. The third-order valence-corrected chi connectivity index (χ3v) is 10.9. The second-order valence-corrected chi connectivity index (χ2v) is 15.5. The van der Waals surface area contributed by atoms with Gasteiger partial charge in [-0.25, -0.2) is 28.3 Å². The molecule has 3 aliphatic rings. The molecule has 2 aliphatic heterocycles. The minimum Gasteiger partial charge on any atom is -0.470 e. The van der Waals surface area contributed by atoms with Crippen molar-refractivity contribution < 1.29 is 27.7 Å². The van der Waals surface area contributed by atoms with Crippen molar-refractivity contribution in [1.29, 1.82) is 0 Å². The fraction of sp³-hybridized carbons (Fsp3) is 0.545. The molecule has 3 N–H and O–H groups in total. The van der Waals surface area contributed by atoms with E-state index >= 15 is 0 Å². The molecule has 0 bridgehead atoms. The van der Waals surface area contributed by atoms with E-state index < -0.39 is 39.4 Å². The fourth-order valence-electron chi connectivity index (χ4n) is 6.16. The number of pyridine rings is 3. The first-order chi connectivity index (χ1) is 21.7. The molecule has 3 aromatic heterocycles. The first kappa shape index (κ1) is 32.2. The average molecular weight is 653 g/mol. The molecule has 3 aromatic rings. The smallest absolute Gasteiger partial charge is 0.340 e. The normalized spacial score (nSPS) is 23.6. The highest BCUT2D eigenvalue weighted by atomic mass is 32.2. The van der Waals surface area contributed by atoms with E-state index in [1.165, 1.54) is 0 Å². The van der Waals surface area contributed by atoms with E-state index in [1.54, 1.807) is 29.4 Å². The molecule has 5 heterocycles. The van der Waals surface area contributed by atoms with Gasteiger partial charge in [-0.2, -0.15) is 0 Å². The number of anilines is 2. The van der Waals surface area contributed by atoms with Crippen LogP contribution in [0.15, 0.2) is 30.6 Å².